The Labute approximate surface area is 139 Å². The minimum absolute atomic E-state index is 0.0511. The molecule has 3 heterocycles. The summed E-state index contributed by atoms with van der Waals surface area (Å²) in [5.74, 6) is 0. The first kappa shape index (κ1) is 14.8. The SMILES string of the molecule is O=C(Nc1cccc2[nH]ccc12)N1CCN(Cc2ccon2)CC1. The van der Waals surface area contributed by atoms with Crippen LogP contribution in [-0.2, 0) is 6.54 Å². The monoisotopic (exact) mass is 325 g/mol. The number of urea groups is 1. The quantitative estimate of drug-likeness (QED) is 0.776. The van der Waals surface area contributed by atoms with Crippen LogP contribution in [-0.4, -0.2) is 52.2 Å². The van der Waals surface area contributed by atoms with Gasteiger partial charge in [0.15, 0.2) is 0 Å². The summed E-state index contributed by atoms with van der Waals surface area (Å²) in [5.41, 5.74) is 2.78. The molecule has 124 valence electrons. The molecule has 7 nitrogen and oxygen atoms in total. The Bertz CT molecular complexity index is 819. The van der Waals surface area contributed by atoms with E-state index in [9.17, 15) is 4.79 Å². The molecule has 1 fully saturated rings. The van der Waals surface area contributed by atoms with Gasteiger partial charge in [-0.1, -0.05) is 11.2 Å². The molecule has 2 aromatic heterocycles. The number of hydrogen-bond acceptors (Lipinski definition) is 4. The number of piperazine rings is 1. The van der Waals surface area contributed by atoms with Gasteiger partial charge in [-0.3, -0.25) is 4.90 Å². The molecule has 3 aromatic rings. The molecule has 2 N–H and O–H groups in total. The number of fused-ring (bicyclic) bond motifs is 1. The number of nitrogens with zero attached hydrogens (tertiary/aromatic N) is 3. The van der Waals surface area contributed by atoms with Gasteiger partial charge in [-0.05, 0) is 18.2 Å². The maximum absolute atomic E-state index is 12.5. The highest BCUT2D eigenvalue weighted by Gasteiger charge is 2.22. The van der Waals surface area contributed by atoms with Gasteiger partial charge in [0.25, 0.3) is 0 Å². The van der Waals surface area contributed by atoms with Crippen LogP contribution in [0.5, 0.6) is 0 Å². The minimum atomic E-state index is -0.0511. The van der Waals surface area contributed by atoms with Crippen LogP contribution < -0.4 is 5.32 Å². The maximum atomic E-state index is 12.5. The molecule has 1 aliphatic heterocycles. The highest BCUT2D eigenvalue weighted by Crippen LogP contribution is 2.22. The zero-order valence-corrected chi connectivity index (χ0v) is 13.2. The summed E-state index contributed by atoms with van der Waals surface area (Å²) in [6, 6.07) is 9.65. The van der Waals surface area contributed by atoms with E-state index in [1.807, 2.05) is 41.4 Å². The zero-order valence-electron chi connectivity index (χ0n) is 13.2. The fraction of sp³-hybridized carbons (Fsp3) is 0.294. The van der Waals surface area contributed by atoms with Crippen molar-refractivity contribution in [1.29, 1.82) is 0 Å². The number of benzene rings is 1. The molecular formula is C17H19N5O2. The van der Waals surface area contributed by atoms with Crippen LogP contribution in [0.1, 0.15) is 5.69 Å². The molecule has 0 aliphatic carbocycles. The standard InChI is InChI=1S/C17H19N5O2/c23-17(19-16-3-1-2-15-14(16)4-6-18-15)22-9-7-21(8-10-22)12-13-5-11-24-20-13/h1-6,11,18H,7-10,12H2,(H,19,23). The normalized spacial score (nSPS) is 15.8. The van der Waals surface area contributed by atoms with E-state index in [1.54, 1.807) is 6.26 Å². The van der Waals surface area contributed by atoms with Crippen LogP contribution in [0.25, 0.3) is 10.9 Å². The first-order valence-electron chi connectivity index (χ1n) is 8.03. The van der Waals surface area contributed by atoms with Crippen molar-refractivity contribution >= 4 is 22.6 Å². The van der Waals surface area contributed by atoms with Crippen LogP contribution in [0, 0.1) is 0 Å². The Morgan fingerprint density at radius 3 is 2.88 bits per heavy atom. The van der Waals surface area contributed by atoms with Crippen molar-refractivity contribution in [2.24, 2.45) is 0 Å². The third-order valence-corrected chi connectivity index (χ3v) is 4.37. The third kappa shape index (κ3) is 2.98. The Balaban J connectivity index is 1.35. The molecule has 0 radical (unpaired) electrons. The average molecular weight is 325 g/mol. The van der Waals surface area contributed by atoms with E-state index in [4.69, 9.17) is 4.52 Å². The molecular weight excluding hydrogens is 306 g/mol. The molecule has 2 amide bonds. The Morgan fingerprint density at radius 2 is 2.08 bits per heavy atom. The molecule has 0 unspecified atom stereocenters. The second-order valence-corrected chi connectivity index (χ2v) is 5.93. The summed E-state index contributed by atoms with van der Waals surface area (Å²) >= 11 is 0. The Hall–Kier alpha value is -2.80. The number of H-pyrrole nitrogens is 1. The van der Waals surface area contributed by atoms with Crippen LogP contribution in [0.4, 0.5) is 10.5 Å². The Kier molecular flexibility index (Phi) is 3.92. The van der Waals surface area contributed by atoms with Crippen molar-refractivity contribution in [3.8, 4) is 0 Å². The van der Waals surface area contributed by atoms with E-state index in [1.165, 1.54) is 0 Å². The van der Waals surface area contributed by atoms with Gasteiger partial charge in [0.2, 0.25) is 0 Å². The topological polar surface area (TPSA) is 77.4 Å². The lowest BCUT2D eigenvalue weighted by Gasteiger charge is -2.34. The van der Waals surface area contributed by atoms with Gasteiger partial charge in [0, 0.05) is 55.9 Å². The van der Waals surface area contributed by atoms with E-state index >= 15 is 0 Å². The van der Waals surface area contributed by atoms with Crippen molar-refractivity contribution in [2.45, 2.75) is 6.54 Å². The number of nitrogens with one attached hydrogen (secondary N) is 2. The summed E-state index contributed by atoms with van der Waals surface area (Å²) in [7, 11) is 0. The number of anilines is 1. The number of carbonyl (C=O) groups is 1. The predicted octanol–water partition coefficient (Wildman–Crippen LogP) is 2.51. The molecule has 1 aromatic carbocycles. The Morgan fingerprint density at radius 1 is 1.21 bits per heavy atom. The third-order valence-electron chi connectivity index (χ3n) is 4.37. The van der Waals surface area contributed by atoms with Crippen LogP contribution in [0.3, 0.4) is 0 Å². The maximum Gasteiger partial charge on any atom is 0.321 e. The first-order valence-corrected chi connectivity index (χ1v) is 8.03. The zero-order chi connectivity index (χ0) is 16.4. The number of carbonyl (C=O) groups excluding carboxylic acids is 1. The summed E-state index contributed by atoms with van der Waals surface area (Å²) in [5, 5.41) is 7.98. The number of rotatable bonds is 3. The van der Waals surface area contributed by atoms with Crippen molar-refractivity contribution in [3.05, 3.63) is 48.5 Å². The van der Waals surface area contributed by atoms with Crippen molar-refractivity contribution in [1.82, 2.24) is 19.9 Å². The first-order chi connectivity index (χ1) is 11.8. The van der Waals surface area contributed by atoms with Crippen LogP contribution in [0.15, 0.2) is 47.3 Å². The van der Waals surface area contributed by atoms with Gasteiger partial charge >= 0.3 is 6.03 Å². The number of hydrogen-bond donors (Lipinski definition) is 2. The second kappa shape index (κ2) is 6.37. The summed E-state index contributed by atoms with van der Waals surface area (Å²) in [6.07, 6.45) is 3.46. The second-order valence-electron chi connectivity index (χ2n) is 5.93. The van der Waals surface area contributed by atoms with E-state index in [0.29, 0.717) is 13.1 Å². The molecule has 0 saturated carbocycles. The molecule has 1 aliphatic rings. The van der Waals surface area contributed by atoms with Crippen LogP contribution in [0.2, 0.25) is 0 Å². The largest absolute Gasteiger partial charge is 0.364 e. The van der Waals surface area contributed by atoms with Crippen molar-refractivity contribution in [2.75, 3.05) is 31.5 Å². The average Bonchev–Trinajstić information content (AvgIpc) is 3.27. The van der Waals surface area contributed by atoms with Crippen molar-refractivity contribution < 1.29 is 9.32 Å². The summed E-state index contributed by atoms with van der Waals surface area (Å²) in [6.45, 7) is 3.82. The fourth-order valence-electron chi connectivity index (χ4n) is 3.05. The molecule has 24 heavy (non-hydrogen) atoms. The highest BCUT2D eigenvalue weighted by atomic mass is 16.5. The molecule has 1 saturated heterocycles. The van der Waals surface area contributed by atoms with Crippen molar-refractivity contribution in [3.63, 3.8) is 0 Å². The number of amides is 2. The van der Waals surface area contributed by atoms with Gasteiger partial charge in [0.1, 0.15) is 6.26 Å². The van der Waals surface area contributed by atoms with Gasteiger partial charge in [-0.15, -0.1) is 0 Å². The molecule has 4 rings (SSSR count). The van der Waals surface area contributed by atoms with Gasteiger partial charge in [-0.2, -0.15) is 0 Å². The lowest BCUT2D eigenvalue weighted by molar-refractivity contribution is 0.141. The number of aromatic amines is 1. The van der Waals surface area contributed by atoms with E-state index in [-0.39, 0.29) is 6.03 Å². The van der Waals surface area contributed by atoms with Crippen LogP contribution >= 0.6 is 0 Å². The summed E-state index contributed by atoms with van der Waals surface area (Å²) in [4.78, 5) is 19.8. The molecule has 0 atom stereocenters. The lowest BCUT2D eigenvalue weighted by Crippen LogP contribution is -2.49. The summed E-state index contributed by atoms with van der Waals surface area (Å²) < 4.78 is 4.86. The van der Waals surface area contributed by atoms with E-state index < -0.39 is 0 Å². The van der Waals surface area contributed by atoms with Gasteiger partial charge in [-0.25, -0.2) is 4.79 Å². The minimum Gasteiger partial charge on any atom is -0.364 e. The molecule has 0 bridgehead atoms. The fourth-order valence-corrected chi connectivity index (χ4v) is 3.05. The highest BCUT2D eigenvalue weighted by molar-refractivity contribution is 6.00. The smallest absolute Gasteiger partial charge is 0.321 e. The van der Waals surface area contributed by atoms with Gasteiger partial charge in [0.05, 0.1) is 11.4 Å². The number of aromatic nitrogens is 2. The lowest BCUT2D eigenvalue weighted by atomic mass is 10.2. The van der Waals surface area contributed by atoms with E-state index in [2.05, 4.69) is 20.4 Å². The molecule has 7 heteroatoms. The van der Waals surface area contributed by atoms with Gasteiger partial charge < -0.3 is 19.7 Å². The molecule has 0 spiro atoms. The van der Waals surface area contributed by atoms with E-state index in [0.717, 1.165) is 41.9 Å². The predicted molar refractivity (Wildman–Crippen MR) is 90.7 cm³/mol.